The molecule has 138 valence electrons. The Labute approximate surface area is 148 Å². The van der Waals surface area contributed by atoms with Gasteiger partial charge in [-0.05, 0) is 43.7 Å². The van der Waals surface area contributed by atoms with E-state index in [2.05, 4.69) is 28.6 Å². The van der Waals surface area contributed by atoms with E-state index in [1.165, 1.54) is 24.0 Å². The lowest BCUT2D eigenvalue weighted by Gasteiger charge is -2.11. The summed E-state index contributed by atoms with van der Waals surface area (Å²) in [6.45, 7) is 8.23. The van der Waals surface area contributed by atoms with Crippen LogP contribution in [0, 0.1) is 6.92 Å². The van der Waals surface area contributed by atoms with Gasteiger partial charge in [-0.3, -0.25) is 4.79 Å². The molecule has 25 heavy (non-hydrogen) atoms. The maximum absolute atomic E-state index is 8.36. The predicted octanol–water partition coefficient (Wildman–Crippen LogP) is 2.74. The van der Waals surface area contributed by atoms with Crippen molar-refractivity contribution in [1.82, 2.24) is 14.4 Å². The van der Waals surface area contributed by atoms with Crippen molar-refractivity contribution in [2.45, 2.75) is 53.0 Å². The highest BCUT2D eigenvalue weighted by Crippen LogP contribution is 2.40. The molecule has 2 heterocycles. The maximum atomic E-state index is 8.36. The molecule has 3 rings (SSSR count). The van der Waals surface area contributed by atoms with Gasteiger partial charge in [-0.25, -0.2) is 10.8 Å². The van der Waals surface area contributed by atoms with E-state index in [1.807, 2.05) is 27.0 Å². The second-order valence-corrected chi connectivity index (χ2v) is 5.84. The Hall–Kier alpha value is -2.54. The summed E-state index contributed by atoms with van der Waals surface area (Å²) in [4.78, 5) is 13.0. The molecule has 0 amide bonds. The number of hydrogen-bond acceptors (Lipinski definition) is 5. The Morgan fingerprint density at radius 1 is 1.44 bits per heavy atom. The summed E-state index contributed by atoms with van der Waals surface area (Å²) in [5.41, 5.74) is 10.9. The second-order valence-electron chi connectivity index (χ2n) is 5.84. The molecule has 0 saturated heterocycles. The topological polar surface area (TPSA) is 110 Å². The standard InChI is InChI=1S/C15H21N5.C2H6.CH2O2/c1-10-5-13(12-3-4-12)7-19-8-14(18-15(10)19)9-20(17)6-11(2)16;1-2;2-1-3/h5-8,12H,3-4,9,16-17H2,1-2H3;1-2H3;1H,(H,2,3)/b11-6-;;. The molecule has 0 aromatic carbocycles. The Bertz CT molecular complexity index is 716. The fourth-order valence-corrected chi connectivity index (χ4v) is 2.56. The van der Waals surface area contributed by atoms with E-state index >= 15 is 0 Å². The molecule has 5 N–H and O–H groups in total. The highest BCUT2D eigenvalue weighted by molar-refractivity contribution is 5.50. The van der Waals surface area contributed by atoms with Crippen molar-refractivity contribution < 1.29 is 9.90 Å². The highest BCUT2D eigenvalue weighted by Gasteiger charge is 2.24. The average Bonchev–Trinajstić information content (AvgIpc) is 3.30. The van der Waals surface area contributed by atoms with E-state index in [4.69, 9.17) is 21.5 Å². The molecule has 2 aromatic heterocycles. The normalized spacial score (nSPS) is 13.4. The second kappa shape index (κ2) is 9.68. The molecule has 1 aliphatic carbocycles. The molecule has 0 radical (unpaired) electrons. The van der Waals surface area contributed by atoms with Gasteiger partial charge < -0.3 is 20.2 Å². The van der Waals surface area contributed by atoms with Crippen molar-refractivity contribution in [3.8, 4) is 0 Å². The van der Waals surface area contributed by atoms with Gasteiger partial charge in [0.15, 0.2) is 0 Å². The third kappa shape index (κ3) is 6.11. The minimum Gasteiger partial charge on any atom is -0.483 e. The molecule has 0 spiro atoms. The number of aryl methyl sites for hydroxylation is 1. The Balaban J connectivity index is 0.000000567. The average molecular weight is 347 g/mol. The number of imidazole rings is 1. The van der Waals surface area contributed by atoms with E-state index in [1.54, 1.807) is 11.2 Å². The summed E-state index contributed by atoms with van der Waals surface area (Å²) < 4.78 is 2.12. The van der Waals surface area contributed by atoms with Gasteiger partial charge in [-0.15, -0.1) is 0 Å². The van der Waals surface area contributed by atoms with E-state index in [9.17, 15) is 0 Å². The summed E-state index contributed by atoms with van der Waals surface area (Å²) in [6, 6.07) is 2.26. The smallest absolute Gasteiger partial charge is 0.290 e. The van der Waals surface area contributed by atoms with Gasteiger partial charge in [-0.2, -0.15) is 0 Å². The Morgan fingerprint density at radius 2 is 2.04 bits per heavy atom. The van der Waals surface area contributed by atoms with E-state index in [-0.39, 0.29) is 6.47 Å². The first-order valence-corrected chi connectivity index (χ1v) is 8.45. The molecule has 0 unspecified atom stereocenters. The number of rotatable bonds is 4. The summed E-state index contributed by atoms with van der Waals surface area (Å²) in [7, 11) is 0. The number of pyridine rings is 1. The number of aromatic nitrogens is 2. The zero-order chi connectivity index (χ0) is 19.0. The third-order valence-corrected chi connectivity index (χ3v) is 3.57. The molecule has 0 atom stereocenters. The van der Waals surface area contributed by atoms with Gasteiger partial charge in [0, 0.05) is 24.3 Å². The van der Waals surface area contributed by atoms with Gasteiger partial charge in [0.25, 0.3) is 6.47 Å². The molecule has 1 saturated carbocycles. The number of fused-ring (bicyclic) bond motifs is 1. The van der Waals surface area contributed by atoms with Crippen LogP contribution in [0.4, 0.5) is 0 Å². The molecule has 7 nitrogen and oxygen atoms in total. The SMILES string of the molecule is C/C(N)=C/N(N)Cc1cn2cc(C3CC3)cc(C)c2n1.CC.O=CO. The molecule has 2 aromatic rings. The fourth-order valence-electron chi connectivity index (χ4n) is 2.56. The van der Waals surface area contributed by atoms with Crippen molar-refractivity contribution in [1.29, 1.82) is 0 Å². The van der Waals surface area contributed by atoms with Crippen LogP contribution in [0.1, 0.15) is 56.4 Å². The molecule has 7 heteroatoms. The van der Waals surface area contributed by atoms with Crippen LogP contribution >= 0.6 is 0 Å². The summed E-state index contributed by atoms with van der Waals surface area (Å²) in [5, 5.41) is 8.45. The molecule has 1 aliphatic rings. The number of hydrogen-bond donors (Lipinski definition) is 3. The van der Waals surface area contributed by atoms with E-state index in [0.29, 0.717) is 12.2 Å². The van der Waals surface area contributed by atoms with Gasteiger partial charge >= 0.3 is 0 Å². The Morgan fingerprint density at radius 3 is 2.56 bits per heavy atom. The van der Waals surface area contributed by atoms with Crippen molar-refractivity contribution in [2.24, 2.45) is 11.6 Å². The van der Waals surface area contributed by atoms with Crippen LogP contribution in [0.2, 0.25) is 0 Å². The number of hydrazine groups is 1. The number of nitrogens with zero attached hydrogens (tertiary/aromatic N) is 3. The third-order valence-electron chi connectivity index (χ3n) is 3.57. The number of allylic oxidation sites excluding steroid dienone is 1. The van der Waals surface area contributed by atoms with Crippen LogP contribution in [-0.2, 0) is 11.3 Å². The minimum absolute atomic E-state index is 0.250. The fraction of sp³-hybridized carbons (Fsp3) is 0.444. The summed E-state index contributed by atoms with van der Waals surface area (Å²) >= 11 is 0. The maximum Gasteiger partial charge on any atom is 0.290 e. The van der Waals surface area contributed by atoms with Crippen LogP contribution in [0.5, 0.6) is 0 Å². The largest absolute Gasteiger partial charge is 0.483 e. The van der Waals surface area contributed by atoms with E-state index < -0.39 is 0 Å². The predicted molar refractivity (Wildman–Crippen MR) is 99.6 cm³/mol. The van der Waals surface area contributed by atoms with Gasteiger partial charge in [-0.1, -0.05) is 19.9 Å². The lowest BCUT2D eigenvalue weighted by atomic mass is 10.1. The van der Waals surface area contributed by atoms with Gasteiger partial charge in [0.05, 0.1) is 12.2 Å². The van der Waals surface area contributed by atoms with Crippen LogP contribution in [0.15, 0.2) is 30.4 Å². The first-order valence-electron chi connectivity index (χ1n) is 8.45. The lowest BCUT2D eigenvalue weighted by Crippen LogP contribution is -2.25. The van der Waals surface area contributed by atoms with Gasteiger partial charge in [0.2, 0.25) is 0 Å². The molecule has 0 aliphatic heterocycles. The van der Waals surface area contributed by atoms with Crippen LogP contribution in [-0.4, -0.2) is 26.0 Å². The monoisotopic (exact) mass is 347 g/mol. The number of carboxylic acid groups (broad SMARTS) is 1. The first-order chi connectivity index (χ1) is 11.9. The zero-order valence-electron chi connectivity index (χ0n) is 15.4. The molecule has 0 bridgehead atoms. The van der Waals surface area contributed by atoms with Crippen LogP contribution in [0.25, 0.3) is 5.65 Å². The number of nitrogens with two attached hydrogens (primary N) is 2. The van der Waals surface area contributed by atoms with Crippen LogP contribution < -0.4 is 11.6 Å². The first kappa shape index (κ1) is 20.5. The summed E-state index contributed by atoms with van der Waals surface area (Å²) in [5.74, 6) is 6.63. The van der Waals surface area contributed by atoms with Crippen molar-refractivity contribution in [2.75, 3.05) is 0 Å². The van der Waals surface area contributed by atoms with Crippen molar-refractivity contribution in [3.05, 3.63) is 47.2 Å². The Kier molecular flexibility index (Phi) is 7.94. The van der Waals surface area contributed by atoms with Crippen LogP contribution in [0.3, 0.4) is 0 Å². The molecular formula is C18H29N5O2. The quantitative estimate of drug-likeness (QED) is 0.446. The lowest BCUT2D eigenvalue weighted by molar-refractivity contribution is -0.122. The minimum atomic E-state index is -0.250. The van der Waals surface area contributed by atoms with Gasteiger partial charge in [0.1, 0.15) is 5.65 Å². The van der Waals surface area contributed by atoms with E-state index in [0.717, 1.165) is 17.3 Å². The number of carbonyl (C=O) groups is 1. The zero-order valence-corrected chi connectivity index (χ0v) is 15.4. The molecule has 1 fully saturated rings. The summed E-state index contributed by atoms with van der Waals surface area (Å²) in [6.07, 6.45) is 8.58. The highest BCUT2D eigenvalue weighted by atomic mass is 16.3. The van der Waals surface area contributed by atoms with Crippen molar-refractivity contribution >= 4 is 12.1 Å². The van der Waals surface area contributed by atoms with Crippen molar-refractivity contribution in [3.63, 3.8) is 0 Å². The molecular weight excluding hydrogens is 318 g/mol.